The van der Waals surface area contributed by atoms with Crippen molar-refractivity contribution < 1.29 is 13.9 Å². The van der Waals surface area contributed by atoms with Crippen molar-refractivity contribution in [1.82, 2.24) is 9.97 Å². The number of hydrogen-bond acceptors (Lipinski definition) is 5. The lowest BCUT2D eigenvalue weighted by atomic mass is 10.3. The number of benzene rings is 2. The molecular formula is C20H13Br2N3O3. The number of fused-ring (bicyclic) bond motifs is 1. The van der Waals surface area contributed by atoms with Crippen molar-refractivity contribution in [3.05, 3.63) is 69.9 Å². The van der Waals surface area contributed by atoms with Crippen molar-refractivity contribution >= 4 is 54.6 Å². The molecule has 0 bridgehead atoms. The minimum absolute atomic E-state index is 0.0898. The second kappa shape index (κ2) is 8.12. The quantitative estimate of drug-likeness (QED) is 0.393. The molecule has 28 heavy (non-hydrogen) atoms. The maximum Gasteiger partial charge on any atom is 0.262 e. The number of nitrogens with one attached hydrogen (secondary N) is 1. The van der Waals surface area contributed by atoms with Crippen LogP contribution in [0.25, 0.3) is 22.6 Å². The summed E-state index contributed by atoms with van der Waals surface area (Å²) in [7, 11) is 0. The topological polar surface area (TPSA) is 77.2 Å². The summed E-state index contributed by atoms with van der Waals surface area (Å²) in [4.78, 5) is 20.7. The van der Waals surface area contributed by atoms with Crippen molar-refractivity contribution in [2.45, 2.75) is 0 Å². The van der Waals surface area contributed by atoms with Crippen molar-refractivity contribution in [2.24, 2.45) is 0 Å². The summed E-state index contributed by atoms with van der Waals surface area (Å²) < 4.78 is 13.0. The van der Waals surface area contributed by atoms with E-state index in [2.05, 4.69) is 47.1 Å². The van der Waals surface area contributed by atoms with E-state index in [1.165, 1.54) is 0 Å². The third kappa shape index (κ3) is 4.40. The molecule has 0 radical (unpaired) electrons. The van der Waals surface area contributed by atoms with Gasteiger partial charge in [0, 0.05) is 27.0 Å². The van der Waals surface area contributed by atoms with E-state index >= 15 is 0 Å². The van der Waals surface area contributed by atoms with Gasteiger partial charge in [0.05, 0.1) is 5.56 Å². The fourth-order valence-electron chi connectivity index (χ4n) is 2.53. The van der Waals surface area contributed by atoms with Crippen LogP contribution in [-0.4, -0.2) is 22.5 Å². The predicted molar refractivity (Wildman–Crippen MR) is 113 cm³/mol. The smallest absolute Gasteiger partial charge is 0.262 e. The highest BCUT2D eigenvalue weighted by Gasteiger charge is 2.11. The maximum absolute atomic E-state index is 12.2. The molecule has 0 unspecified atom stereocenters. The minimum atomic E-state index is -0.262. The van der Waals surface area contributed by atoms with Crippen molar-refractivity contribution in [3.8, 4) is 17.2 Å². The van der Waals surface area contributed by atoms with Gasteiger partial charge in [-0.1, -0.05) is 15.9 Å². The maximum atomic E-state index is 12.2. The van der Waals surface area contributed by atoms with Gasteiger partial charge in [-0.15, -0.1) is 0 Å². The van der Waals surface area contributed by atoms with Crippen LogP contribution in [0.1, 0.15) is 0 Å². The van der Waals surface area contributed by atoms with Crippen LogP contribution in [0.4, 0.5) is 5.69 Å². The van der Waals surface area contributed by atoms with Gasteiger partial charge in [-0.05, 0) is 64.5 Å². The molecule has 140 valence electrons. The number of oxazole rings is 1. The van der Waals surface area contributed by atoms with Gasteiger partial charge >= 0.3 is 0 Å². The number of halogens is 2. The molecule has 8 heteroatoms. The molecule has 4 aromatic rings. The van der Waals surface area contributed by atoms with E-state index in [0.717, 1.165) is 14.5 Å². The average Bonchev–Trinajstić information content (AvgIpc) is 3.11. The average molecular weight is 503 g/mol. The van der Waals surface area contributed by atoms with Gasteiger partial charge in [0.2, 0.25) is 5.89 Å². The summed E-state index contributed by atoms with van der Waals surface area (Å²) in [6.45, 7) is -0.0898. The van der Waals surface area contributed by atoms with Crippen LogP contribution >= 0.6 is 31.9 Å². The zero-order chi connectivity index (χ0) is 19.5. The fraction of sp³-hybridized carbons (Fsp3) is 0.0500. The highest BCUT2D eigenvalue weighted by molar-refractivity contribution is 9.10. The summed E-state index contributed by atoms with van der Waals surface area (Å²) in [5.41, 5.74) is 2.64. The number of nitrogens with zero attached hydrogens (tertiary/aromatic N) is 2. The minimum Gasteiger partial charge on any atom is -0.484 e. The SMILES string of the molecule is O=C(COc1ccc(Br)cc1)Nc1ccc2oc(-c3cncc(Br)c3)nc2c1. The van der Waals surface area contributed by atoms with Crippen LogP contribution in [0, 0.1) is 0 Å². The van der Waals surface area contributed by atoms with Crippen LogP contribution < -0.4 is 10.1 Å². The van der Waals surface area contributed by atoms with E-state index in [1.54, 1.807) is 42.7 Å². The molecule has 4 rings (SSSR count). The van der Waals surface area contributed by atoms with E-state index in [0.29, 0.717) is 28.4 Å². The van der Waals surface area contributed by atoms with E-state index in [1.807, 2.05) is 18.2 Å². The summed E-state index contributed by atoms with van der Waals surface area (Å²) in [6.07, 6.45) is 3.37. The zero-order valence-corrected chi connectivity index (χ0v) is 17.5. The molecule has 0 atom stereocenters. The highest BCUT2D eigenvalue weighted by Crippen LogP contribution is 2.27. The largest absolute Gasteiger partial charge is 0.484 e. The predicted octanol–water partition coefficient (Wildman–Crippen LogP) is 5.43. The van der Waals surface area contributed by atoms with Crippen LogP contribution in [0.2, 0.25) is 0 Å². The number of ether oxygens (including phenoxy) is 1. The van der Waals surface area contributed by atoms with Gasteiger partial charge < -0.3 is 14.5 Å². The molecule has 0 spiro atoms. The first-order valence-electron chi connectivity index (χ1n) is 8.26. The third-order valence-corrected chi connectivity index (χ3v) is 4.77. The third-order valence-electron chi connectivity index (χ3n) is 3.81. The normalized spacial score (nSPS) is 10.8. The van der Waals surface area contributed by atoms with Crippen molar-refractivity contribution in [1.29, 1.82) is 0 Å². The first kappa shape index (κ1) is 18.6. The first-order valence-corrected chi connectivity index (χ1v) is 9.85. The molecule has 0 saturated carbocycles. The number of carbonyl (C=O) groups excluding carboxylic acids is 1. The van der Waals surface area contributed by atoms with Crippen molar-refractivity contribution in [3.63, 3.8) is 0 Å². The number of amides is 1. The summed E-state index contributed by atoms with van der Waals surface area (Å²) >= 11 is 6.74. The number of anilines is 1. The molecule has 1 amide bonds. The second-order valence-corrected chi connectivity index (χ2v) is 7.72. The second-order valence-electron chi connectivity index (χ2n) is 5.88. The van der Waals surface area contributed by atoms with Crippen LogP contribution in [0.3, 0.4) is 0 Å². The Morgan fingerprint density at radius 1 is 1.04 bits per heavy atom. The molecule has 2 heterocycles. The molecule has 2 aromatic heterocycles. The van der Waals surface area contributed by atoms with E-state index in [4.69, 9.17) is 9.15 Å². The molecule has 2 aromatic carbocycles. The van der Waals surface area contributed by atoms with Crippen LogP contribution in [0.5, 0.6) is 5.75 Å². The summed E-state index contributed by atoms with van der Waals surface area (Å²) in [5, 5.41) is 2.80. The number of aromatic nitrogens is 2. The van der Waals surface area contributed by atoms with Gasteiger partial charge in [0.25, 0.3) is 5.91 Å². The van der Waals surface area contributed by atoms with Gasteiger partial charge in [0.1, 0.15) is 11.3 Å². The molecule has 1 N–H and O–H groups in total. The molecule has 0 aliphatic rings. The Morgan fingerprint density at radius 3 is 2.64 bits per heavy atom. The summed E-state index contributed by atoms with van der Waals surface area (Å²) in [6, 6.07) is 14.4. The van der Waals surface area contributed by atoms with Gasteiger partial charge in [-0.3, -0.25) is 9.78 Å². The Hall–Kier alpha value is -2.71. The zero-order valence-electron chi connectivity index (χ0n) is 14.4. The first-order chi connectivity index (χ1) is 13.6. The Bertz CT molecular complexity index is 1140. The summed E-state index contributed by atoms with van der Waals surface area (Å²) in [5.74, 6) is 0.825. The Labute approximate surface area is 177 Å². The monoisotopic (exact) mass is 501 g/mol. The lowest BCUT2D eigenvalue weighted by molar-refractivity contribution is -0.118. The molecule has 0 aliphatic carbocycles. The van der Waals surface area contributed by atoms with Gasteiger partial charge in [-0.25, -0.2) is 4.98 Å². The van der Waals surface area contributed by atoms with Crippen LogP contribution in [0.15, 0.2) is 74.3 Å². The molecule has 0 saturated heterocycles. The lowest BCUT2D eigenvalue weighted by Gasteiger charge is -2.07. The van der Waals surface area contributed by atoms with E-state index < -0.39 is 0 Å². The Balaban J connectivity index is 1.45. The number of rotatable bonds is 5. The van der Waals surface area contributed by atoms with Gasteiger partial charge in [-0.2, -0.15) is 0 Å². The number of carbonyl (C=O) groups is 1. The lowest BCUT2D eigenvalue weighted by Crippen LogP contribution is -2.20. The Kier molecular flexibility index (Phi) is 5.40. The number of pyridine rings is 1. The van der Waals surface area contributed by atoms with Crippen molar-refractivity contribution in [2.75, 3.05) is 11.9 Å². The van der Waals surface area contributed by atoms with E-state index in [9.17, 15) is 4.79 Å². The number of hydrogen-bond donors (Lipinski definition) is 1. The molecule has 6 nitrogen and oxygen atoms in total. The standard InChI is InChI=1S/C20H13Br2N3O3/c21-13-1-4-16(5-2-13)27-11-19(26)24-15-3-6-18-17(8-15)25-20(28-18)12-7-14(22)10-23-9-12/h1-10H,11H2,(H,24,26). The van der Waals surface area contributed by atoms with E-state index in [-0.39, 0.29) is 12.5 Å². The molecule has 0 aliphatic heterocycles. The van der Waals surface area contributed by atoms with Crippen LogP contribution in [-0.2, 0) is 4.79 Å². The molecular weight excluding hydrogens is 490 g/mol. The van der Waals surface area contributed by atoms with Gasteiger partial charge in [0.15, 0.2) is 12.2 Å². The highest BCUT2D eigenvalue weighted by atomic mass is 79.9. The Morgan fingerprint density at radius 2 is 1.86 bits per heavy atom. The fourth-order valence-corrected chi connectivity index (χ4v) is 3.16. The molecule has 0 fully saturated rings.